The highest BCUT2D eigenvalue weighted by molar-refractivity contribution is 5.75. The van der Waals surface area contributed by atoms with Crippen molar-refractivity contribution < 1.29 is 19.4 Å². The lowest BCUT2D eigenvalue weighted by atomic mass is 10.0. The lowest BCUT2D eigenvalue weighted by Gasteiger charge is -2.37. The van der Waals surface area contributed by atoms with E-state index in [9.17, 15) is 14.3 Å². The number of aliphatic carboxylic acids is 1. The Kier molecular flexibility index (Phi) is 5.98. The number of halogens is 1. The summed E-state index contributed by atoms with van der Waals surface area (Å²) in [5.74, 6) is -1.11. The Bertz CT molecular complexity index is 743. The predicted octanol–water partition coefficient (Wildman–Crippen LogP) is 2.26. The van der Waals surface area contributed by atoms with E-state index in [2.05, 4.69) is 4.90 Å². The molecule has 2 aromatic rings. The summed E-state index contributed by atoms with van der Waals surface area (Å²) < 4.78 is 13.3. The summed E-state index contributed by atoms with van der Waals surface area (Å²) in [5.41, 5.74) is 2.40. The number of nitrogens with zero attached hydrogens (tertiary/aromatic N) is 2. The fourth-order valence-corrected chi connectivity index (χ4v) is 3.39. The van der Waals surface area contributed by atoms with Crippen LogP contribution in [-0.4, -0.2) is 52.2 Å². The topological polar surface area (TPSA) is 64.0 Å². The minimum absolute atomic E-state index is 0.0588. The van der Waals surface area contributed by atoms with Crippen molar-refractivity contribution in [2.75, 3.05) is 26.2 Å². The van der Waals surface area contributed by atoms with Gasteiger partial charge in [0.1, 0.15) is 11.9 Å². The van der Waals surface area contributed by atoms with E-state index in [1.807, 2.05) is 11.0 Å². The Balaban J connectivity index is 1.63. The van der Waals surface area contributed by atoms with Gasteiger partial charge in [0.25, 0.3) is 0 Å². The number of aliphatic hydroxyl groups excluding tert-OH is 1. The van der Waals surface area contributed by atoms with Gasteiger partial charge in [-0.3, -0.25) is 14.6 Å². The standard InChI is InChI=1S/C20H23FN2O3/c21-18-3-1-2-16(12-18)13-22-8-10-23(11-9-22)19(20(25)26)17-6-4-15(14-24)5-7-17/h1-7,12,19,24H,8-11,13-14H2,(H,25,26). The Morgan fingerprint density at radius 3 is 2.31 bits per heavy atom. The largest absolute Gasteiger partial charge is 0.480 e. The van der Waals surface area contributed by atoms with Crippen LogP contribution in [0.5, 0.6) is 0 Å². The van der Waals surface area contributed by atoms with Crippen LogP contribution in [0, 0.1) is 5.82 Å². The third-order valence-corrected chi connectivity index (χ3v) is 4.78. The van der Waals surface area contributed by atoms with Crippen molar-refractivity contribution in [3.63, 3.8) is 0 Å². The molecule has 6 heteroatoms. The minimum Gasteiger partial charge on any atom is -0.480 e. The van der Waals surface area contributed by atoms with E-state index in [1.165, 1.54) is 12.1 Å². The first-order valence-electron chi connectivity index (χ1n) is 8.70. The average molecular weight is 358 g/mol. The normalized spacial score (nSPS) is 17.2. The Labute approximate surface area is 152 Å². The number of rotatable bonds is 6. The second-order valence-corrected chi connectivity index (χ2v) is 6.58. The van der Waals surface area contributed by atoms with Gasteiger partial charge in [-0.05, 0) is 28.8 Å². The molecule has 5 nitrogen and oxygen atoms in total. The molecule has 1 saturated heterocycles. The molecule has 2 aromatic carbocycles. The number of aliphatic hydroxyl groups is 1. The lowest BCUT2D eigenvalue weighted by molar-refractivity contribution is -0.144. The van der Waals surface area contributed by atoms with Gasteiger partial charge >= 0.3 is 5.97 Å². The number of hydrogen-bond donors (Lipinski definition) is 2. The van der Waals surface area contributed by atoms with E-state index >= 15 is 0 Å². The minimum atomic E-state index is -0.875. The molecule has 3 rings (SSSR count). The van der Waals surface area contributed by atoms with Gasteiger partial charge in [0.2, 0.25) is 0 Å². The lowest BCUT2D eigenvalue weighted by Crippen LogP contribution is -2.48. The fraction of sp³-hybridized carbons (Fsp3) is 0.350. The smallest absolute Gasteiger partial charge is 0.325 e. The number of carboxylic acid groups (broad SMARTS) is 1. The molecule has 0 spiro atoms. The zero-order valence-corrected chi connectivity index (χ0v) is 14.5. The third-order valence-electron chi connectivity index (χ3n) is 4.78. The average Bonchev–Trinajstić information content (AvgIpc) is 2.64. The molecule has 0 amide bonds. The summed E-state index contributed by atoms with van der Waals surface area (Å²) in [6.45, 7) is 3.33. The highest BCUT2D eigenvalue weighted by Crippen LogP contribution is 2.24. The monoisotopic (exact) mass is 358 g/mol. The first-order valence-corrected chi connectivity index (χ1v) is 8.70. The Morgan fingerprint density at radius 2 is 1.73 bits per heavy atom. The van der Waals surface area contributed by atoms with Gasteiger partial charge in [-0.15, -0.1) is 0 Å². The molecule has 1 fully saturated rings. The second-order valence-electron chi connectivity index (χ2n) is 6.58. The van der Waals surface area contributed by atoms with Gasteiger partial charge in [-0.25, -0.2) is 4.39 Å². The molecule has 1 unspecified atom stereocenters. The predicted molar refractivity (Wildman–Crippen MR) is 96.0 cm³/mol. The van der Waals surface area contributed by atoms with E-state index < -0.39 is 12.0 Å². The summed E-state index contributed by atoms with van der Waals surface area (Å²) in [7, 11) is 0. The van der Waals surface area contributed by atoms with Crippen LogP contribution in [0.25, 0.3) is 0 Å². The van der Waals surface area contributed by atoms with Crippen LogP contribution < -0.4 is 0 Å². The van der Waals surface area contributed by atoms with Crippen molar-refractivity contribution in [1.82, 2.24) is 9.80 Å². The van der Waals surface area contributed by atoms with Gasteiger partial charge in [0.05, 0.1) is 6.61 Å². The molecular weight excluding hydrogens is 335 g/mol. The molecule has 0 bridgehead atoms. The van der Waals surface area contributed by atoms with Crippen molar-refractivity contribution in [2.45, 2.75) is 19.2 Å². The molecule has 2 N–H and O–H groups in total. The molecule has 26 heavy (non-hydrogen) atoms. The van der Waals surface area contributed by atoms with Crippen molar-refractivity contribution >= 4 is 5.97 Å². The first kappa shape index (κ1) is 18.5. The molecule has 0 radical (unpaired) electrons. The first-order chi connectivity index (χ1) is 12.6. The van der Waals surface area contributed by atoms with Crippen molar-refractivity contribution in [3.8, 4) is 0 Å². The molecule has 1 aliphatic rings. The quantitative estimate of drug-likeness (QED) is 0.829. The van der Waals surface area contributed by atoms with Gasteiger partial charge < -0.3 is 10.2 Å². The molecular formula is C20H23FN2O3. The molecule has 1 atom stereocenters. The Morgan fingerprint density at radius 1 is 1.04 bits per heavy atom. The van der Waals surface area contributed by atoms with E-state index in [0.717, 1.165) is 24.2 Å². The van der Waals surface area contributed by atoms with E-state index in [4.69, 9.17) is 5.11 Å². The van der Waals surface area contributed by atoms with Gasteiger partial charge in [0, 0.05) is 32.7 Å². The molecule has 1 heterocycles. The van der Waals surface area contributed by atoms with Crippen LogP contribution in [0.15, 0.2) is 48.5 Å². The van der Waals surface area contributed by atoms with Crippen LogP contribution in [0.2, 0.25) is 0 Å². The second kappa shape index (κ2) is 8.40. The summed E-state index contributed by atoms with van der Waals surface area (Å²) in [6, 6.07) is 12.9. The third kappa shape index (κ3) is 4.46. The zero-order valence-electron chi connectivity index (χ0n) is 14.5. The summed E-state index contributed by atoms with van der Waals surface area (Å²) in [4.78, 5) is 16.0. The van der Waals surface area contributed by atoms with E-state index in [1.54, 1.807) is 30.3 Å². The van der Waals surface area contributed by atoms with Crippen LogP contribution in [-0.2, 0) is 17.9 Å². The van der Waals surface area contributed by atoms with Crippen LogP contribution >= 0.6 is 0 Å². The highest BCUT2D eigenvalue weighted by atomic mass is 19.1. The molecule has 0 aromatic heterocycles. The van der Waals surface area contributed by atoms with Crippen molar-refractivity contribution in [2.24, 2.45) is 0 Å². The molecule has 138 valence electrons. The number of hydrogen-bond acceptors (Lipinski definition) is 4. The van der Waals surface area contributed by atoms with E-state index in [-0.39, 0.29) is 12.4 Å². The van der Waals surface area contributed by atoms with Gasteiger partial charge in [-0.2, -0.15) is 0 Å². The summed E-state index contributed by atoms with van der Waals surface area (Å²) in [5, 5.41) is 18.8. The van der Waals surface area contributed by atoms with Gasteiger partial charge in [0.15, 0.2) is 0 Å². The van der Waals surface area contributed by atoms with Crippen molar-refractivity contribution in [3.05, 3.63) is 71.0 Å². The SMILES string of the molecule is O=C(O)C(c1ccc(CO)cc1)N1CCN(Cc2cccc(F)c2)CC1. The van der Waals surface area contributed by atoms with Crippen molar-refractivity contribution in [1.29, 1.82) is 0 Å². The maximum atomic E-state index is 13.3. The molecule has 1 aliphatic heterocycles. The maximum Gasteiger partial charge on any atom is 0.325 e. The molecule has 0 saturated carbocycles. The van der Waals surface area contributed by atoms with E-state index in [0.29, 0.717) is 25.2 Å². The number of piperazine rings is 1. The van der Waals surface area contributed by atoms with Gasteiger partial charge in [-0.1, -0.05) is 36.4 Å². The number of carboxylic acids is 1. The summed E-state index contributed by atoms with van der Waals surface area (Å²) >= 11 is 0. The highest BCUT2D eigenvalue weighted by Gasteiger charge is 2.30. The summed E-state index contributed by atoms with van der Waals surface area (Å²) in [6.07, 6.45) is 0. The Hall–Kier alpha value is -2.28. The fourth-order valence-electron chi connectivity index (χ4n) is 3.39. The van der Waals surface area contributed by atoms with Crippen LogP contribution in [0.1, 0.15) is 22.7 Å². The number of carbonyl (C=O) groups is 1. The zero-order chi connectivity index (χ0) is 18.5. The number of benzene rings is 2. The van der Waals surface area contributed by atoms with Crippen LogP contribution in [0.3, 0.4) is 0 Å². The van der Waals surface area contributed by atoms with Crippen LogP contribution in [0.4, 0.5) is 4.39 Å². The maximum absolute atomic E-state index is 13.3. The molecule has 0 aliphatic carbocycles.